The summed E-state index contributed by atoms with van der Waals surface area (Å²) >= 11 is 12.2. The molecule has 0 N–H and O–H groups in total. The van der Waals surface area contributed by atoms with Gasteiger partial charge in [0.05, 0.1) is 0 Å². The van der Waals surface area contributed by atoms with Gasteiger partial charge in [0, 0.05) is 0 Å². The molecule has 0 saturated heterocycles. The van der Waals surface area contributed by atoms with E-state index in [2.05, 4.69) is 0 Å². The summed E-state index contributed by atoms with van der Waals surface area (Å²) in [5.74, 6) is 0.882. The van der Waals surface area contributed by atoms with Gasteiger partial charge in [-0.05, 0) is 30.0 Å². The molecule has 0 fully saturated rings. The second-order valence-electron chi connectivity index (χ2n) is 1.55. The van der Waals surface area contributed by atoms with E-state index in [1.807, 2.05) is 6.26 Å². The monoisotopic (exact) mass is 186 g/mol. The molecule has 0 radical (unpaired) electrons. The van der Waals surface area contributed by atoms with Crippen molar-refractivity contribution in [2.75, 3.05) is 12.0 Å². The number of rotatable bonds is 4. The molecule has 0 bridgehead atoms. The van der Waals surface area contributed by atoms with Crippen molar-refractivity contribution >= 4 is 40.2 Å². The summed E-state index contributed by atoms with van der Waals surface area (Å²) in [6.45, 7) is 0. The van der Waals surface area contributed by atoms with Gasteiger partial charge in [0.15, 0.2) is 0 Å². The van der Waals surface area contributed by atoms with Crippen molar-refractivity contribution < 1.29 is 4.79 Å². The second kappa shape index (κ2) is 5.39. The van der Waals surface area contributed by atoms with Crippen molar-refractivity contribution in [3.63, 3.8) is 0 Å². The Balaban J connectivity index is 3.27. The normalized spacial score (nSPS) is 13.2. The van der Waals surface area contributed by atoms with Crippen LogP contribution in [0.1, 0.15) is 6.42 Å². The Morgan fingerprint density at radius 2 is 2.33 bits per heavy atom. The molecule has 0 aromatic rings. The fraction of sp³-hybridized carbons (Fsp3) is 0.800. The molecule has 54 valence electrons. The number of hydrogen-bond acceptors (Lipinski definition) is 2. The highest BCUT2D eigenvalue weighted by Gasteiger charge is 2.10. The molecule has 0 aliphatic heterocycles. The van der Waals surface area contributed by atoms with Crippen LogP contribution < -0.4 is 0 Å². The van der Waals surface area contributed by atoms with Gasteiger partial charge in [0.1, 0.15) is 5.38 Å². The van der Waals surface area contributed by atoms with Crippen LogP contribution in [0.15, 0.2) is 0 Å². The summed E-state index contributed by atoms with van der Waals surface area (Å²) < 4.78 is 0. The number of hydrogen-bond donors (Lipinski definition) is 0. The number of carbonyl (C=O) groups is 1. The van der Waals surface area contributed by atoms with E-state index in [-0.39, 0.29) is 0 Å². The van der Waals surface area contributed by atoms with Crippen LogP contribution in [0.5, 0.6) is 0 Å². The van der Waals surface area contributed by atoms with Crippen LogP contribution in [0.3, 0.4) is 0 Å². The van der Waals surface area contributed by atoms with E-state index in [0.717, 1.165) is 5.75 Å². The zero-order chi connectivity index (χ0) is 7.28. The van der Waals surface area contributed by atoms with Gasteiger partial charge in [-0.3, -0.25) is 4.79 Å². The fourth-order valence-electron chi connectivity index (χ4n) is 0.335. The van der Waals surface area contributed by atoms with Crippen LogP contribution in [-0.4, -0.2) is 22.6 Å². The quantitative estimate of drug-likeness (QED) is 0.495. The van der Waals surface area contributed by atoms with Crippen molar-refractivity contribution in [3.8, 4) is 0 Å². The molecule has 0 rings (SSSR count). The average Bonchev–Trinajstić information content (AvgIpc) is 1.82. The highest BCUT2D eigenvalue weighted by atomic mass is 35.5. The molecule has 0 unspecified atom stereocenters. The van der Waals surface area contributed by atoms with Gasteiger partial charge < -0.3 is 0 Å². The number of thioether (sulfide) groups is 1. The molecule has 0 aliphatic carbocycles. The first-order chi connectivity index (χ1) is 4.18. The summed E-state index contributed by atoms with van der Waals surface area (Å²) in [6, 6.07) is 0. The molecule has 0 saturated carbocycles. The number of carbonyl (C=O) groups excluding carboxylic acids is 1. The first kappa shape index (κ1) is 9.60. The molecular formula is C5H8Cl2OS. The molecule has 9 heavy (non-hydrogen) atoms. The van der Waals surface area contributed by atoms with Crippen molar-refractivity contribution in [1.82, 2.24) is 0 Å². The zero-order valence-corrected chi connectivity index (χ0v) is 7.39. The lowest BCUT2D eigenvalue weighted by Gasteiger charge is -1.99. The predicted octanol–water partition coefficient (Wildman–Crippen LogP) is 2.11. The molecule has 0 spiro atoms. The van der Waals surface area contributed by atoms with E-state index in [9.17, 15) is 4.79 Å². The molecule has 4 heteroatoms. The molecule has 0 aromatic heterocycles. The molecular weight excluding hydrogens is 179 g/mol. The number of halogens is 2. The van der Waals surface area contributed by atoms with Gasteiger partial charge >= 0.3 is 0 Å². The van der Waals surface area contributed by atoms with Crippen molar-refractivity contribution in [3.05, 3.63) is 0 Å². The minimum atomic E-state index is -0.501. The summed E-state index contributed by atoms with van der Waals surface area (Å²) in [5.41, 5.74) is 0. The maximum absolute atomic E-state index is 10.3. The first-order valence-corrected chi connectivity index (χ1v) is 4.71. The highest BCUT2D eigenvalue weighted by molar-refractivity contribution is 7.98. The third kappa shape index (κ3) is 5.07. The lowest BCUT2D eigenvalue weighted by atomic mass is 10.4. The summed E-state index contributed by atoms with van der Waals surface area (Å²) in [5, 5.41) is -0.954. The minimum Gasteiger partial charge on any atom is -0.280 e. The van der Waals surface area contributed by atoms with E-state index < -0.39 is 10.6 Å². The Labute approximate surface area is 69.1 Å². The molecule has 1 nitrogen and oxygen atoms in total. The third-order valence-corrected chi connectivity index (χ3v) is 2.26. The molecule has 1 atom stereocenters. The van der Waals surface area contributed by atoms with E-state index in [1.54, 1.807) is 11.8 Å². The summed E-state index contributed by atoms with van der Waals surface area (Å²) in [6.07, 6.45) is 2.62. The Bertz CT molecular complexity index is 97.0. The fourth-order valence-corrected chi connectivity index (χ4v) is 1.15. The second-order valence-corrected chi connectivity index (χ2v) is 3.44. The molecule has 0 heterocycles. The van der Waals surface area contributed by atoms with Crippen LogP contribution in [0.25, 0.3) is 0 Å². The first-order valence-electron chi connectivity index (χ1n) is 2.51. The predicted molar refractivity (Wildman–Crippen MR) is 43.5 cm³/mol. The van der Waals surface area contributed by atoms with Gasteiger partial charge in [0.25, 0.3) is 0 Å². The highest BCUT2D eigenvalue weighted by Crippen LogP contribution is 2.09. The molecule has 0 aliphatic rings. The smallest absolute Gasteiger partial charge is 0.239 e. The van der Waals surface area contributed by atoms with E-state index in [0.29, 0.717) is 6.42 Å². The Morgan fingerprint density at radius 1 is 1.78 bits per heavy atom. The zero-order valence-electron chi connectivity index (χ0n) is 5.06. The van der Waals surface area contributed by atoms with E-state index in [1.165, 1.54) is 0 Å². The summed E-state index contributed by atoms with van der Waals surface area (Å²) in [7, 11) is 0. The van der Waals surface area contributed by atoms with Gasteiger partial charge in [-0.15, -0.1) is 11.6 Å². The minimum absolute atomic E-state index is 0.453. The largest absolute Gasteiger partial charge is 0.280 e. The average molecular weight is 187 g/mol. The van der Waals surface area contributed by atoms with Gasteiger partial charge in [-0.2, -0.15) is 11.8 Å². The van der Waals surface area contributed by atoms with Crippen molar-refractivity contribution in [1.29, 1.82) is 0 Å². The van der Waals surface area contributed by atoms with Crippen molar-refractivity contribution in [2.45, 2.75) is 11.8 Å². The Morgan fingerprint density at radius 3 is 2.67 bits per heavy atom. The topological polar surface area (TPSA) is 17.1 Å². The third-order valence-electron chi connectivity index (χ3n) is 0.822. The van der Waals surface area contributed by atoms with Crippen LogP contribution in [0.4, 0.5) is 0 Å². The lowest BCUT2D eigenvalue weighted by molar-refractivity contribution is -0.111. The maximum Gasteiger partial charge on any atom is 0.239 e. The van der Waals surface area contributed by atoms with Crippen LogP contribution in [-0.2, 0) is 4.79 Å². The SMILES string of the molecule is CSCC[C@@H](Cl)C(=O)Cl. The van der Waals surface area contributed by atoms with Crippen molar-refractivity contribution in [2.24, 2.45) is 0 Å². The maximum atomic E-state index is 10.3. The Hall–Kier alpha value is 0.600. The molecule has 0 aromatic carbocycles. The standard InChI is InChI=1S/C5H8Cl2OS/c1-9-3-2-4(6)5(7)8/h4H,2-3H2,1H3/t4-/m1/s1. The van der Waals surface area contributed by atoms with E-state index >= 15 is 0 Å². The molecule has 0 amide bonds. The van der Waals surface area contributed by atoms with Gasteiger partial charge in [-0.25, -0.2) is 0 Å². The van der Waals surface area contributed by atoms with Crippen LogP contribution >= 0.6 is 35.0 Å². The number of alkyl halides is 1. The summed E-state index contributed by atoms with van der Waals surface area (Å²) in [4.78, 5) is 10.3. The van der Waals surface area contributed by atoms with Crippen LogP contribution in [0, 0.1) is 0 Å². The van der Waals surface area contributed by atoms with E-state index in [4.69, 9.17) is 23.2 Å². The van der Waals surface area contributed by atoms with Gasteiger partial charge in [0.2, 0.25) is 5.24 Å². The van der Waals surface area contributed by atoms with Gasteiger partial charge in [-0.1, -0.05) is 0 Å². The Kier molecular flexibility index (Phi) is 5.75. The lowest BCUT2D eigenvalue weighted by Crippen LogP contribution is -2.08. The van der Waals surface area contributed by atoms with Crippen LogP contribution in [0.2, 0.25) is 0 Å².